The minimum Gasteiger partial charge on any atom is -0.355 e. The van der Waals surface area contributed by atoms with Crippen molar-refractivity contribution >= 4 is 22.8 Å². The van der Waals surface area contributed by atoms with Crippen LogP contribution >= 0.6 is 11.3 Å². The number of hydrogen-bond donors (Lipinski definition) is 0. The fraction of sp³-hybridized carbons (Fsp3) is 0.211. The van der Waals surface area contributed by atoms with Gasteiger partial charge in [0.25, 0.3) is 0 Å². The average molecular weight is 349 g/mol. The van der Waals surface area contributed by atoms with E-state index in [0.717, 1.165) is 29.3 Å². The van der Waals surface area contributed by atoms with Crippen molar-refractivity contribution in [1.82, 2.24) is 19.8 Å². The Kier molecular flexibility index (Phi) is 4.19. The van der Waals surface area contributed by atoms with Crippen molar-refractivity contribution < 1.29 is 0 Å². The number of hydrogen-bond acceptors (Lipinski definition) is 5. The molecule has 0 spiro atoms. The fourth-order valence-electron chi connectivity index (χ4n) is 2.85. The van der Waals surface area contributed by atoms with E-state index in [0.29, 0.717) is 6.04 Å². The van der Waals surface area contributed by atoms with Gasteiger partial charge in [-0.1, -0.05) is 30.3 Å². The van der Waals surface area contributed by atoms with Gasteiger partial charge in [-0.3, -0.25) is 0 Å². The number of thiophene rings is 1. The Morgan fingerprint density at radius 2 is 1.92 bits per heavy atom. The zero-order chi connectivity index (χ0) is 17.2. The highest BCUT2D eigenvalue weighted by molar-refractivity contribution is 7.07. The topological polar surface area (TPSA) is 46.3 Å². The Balaban J connectivity index is 1.66. The molecule has 0 N–H and O–H groups in total. The smallest absolute Gasteiger partial charge is 0.185 e. The zero-order valence-electron chi connectivity index (χ0n) is 14.2. The minimum atomic E-state index is 0.344. The number of fused-ring (bicyclic) bond motifs is 1. The number of nitrogens with zero attached hydrogens (tertiary/aromatic N) is 5. The number of anilines is 1. The molecule has 0 saturated heterocycles. The van der Waals surface area contributed by atoms with E-state index >= 15 is 0 Å². The molecule has 1 aromatic carbocycles. The number of benzene rings is 1. The zero-order valence-corrected chi connectivity index (χ0v) is 15.0. The molecule has 0 fully saturated rings. The van der Waals surface area contributed by atoms with Gasteiger partial charge in [0, 0.05) is 18.7 Å². The quantitative estimate of drug-likeness (QED) is 0.548. The Morgan fingerprint density at radius 3 is 2.68 bits per heavy atom. The van der Waals surface area contributed by atoms with Gasteiger partial charge in [-0.2, -0.15) is 15.9 Å². The van der Waals surface area contributed by atoms with Crippen molar-refractivity contribution in [3.8, 4) is 11.4 Å². The molecule has 3 heterocycles. The highest BCUT2D eigenvalue weighted by atomic mass is 32.1. The average Bonchev–Trinajstić information content (AvgIpc) is 3.30. The van der Waals surface area contributed by atoms with Crippen LogP contribution in [0, 0.1) is 0 Å². The molecule has 3 aromatic heterocycles. The summed E-state index contributed by atoms with van der Waals surface area (Å²) >= 11 is 1.74. The summed E-state index contributed by atoms with van der Waals surface area (Å²) in [5, 5.41) is 17.6. The normalized spacial score (nSPS) is 12.4. The molecule has 0 radical (unpaired) electrons. The lowest BCUT2D eigenvalue weighted by molar-refractivity contribution is 0.668. The molecular weight excluding hydrogens is 330 g/mol. The second-order valence-corrected chi connectivity index (χ2v) is 6.93. The van der Waals surface area contributed by atoms with Gasteiger partial charge in [0.1, 0.15) is 5.82 Å². The van der Waals surface area contributed by atoms with Gasteiger partial charge in [-0.05, 0) is 47.9 Å². The lowest BCUT2D eigenvalue weighted by atomic mass is 10.1. The molecule has 5 nitrogen and oxygen atoms in total. The van der Waals surface area contributed by atoms with Gasteiger partial charge in [0.2, 0.25) is 0 Å². The highest BCUT2D eigenvalue weighted by Crippen LogP contribution is 2.21. The summed E-state index contributed by atoms with van der Waals surface area (Å²) in [4.78, 5) is 2.20. The van der Waals surface area contributed by atoms with Gasteiger partial charge >= 0.3 is 0 Å². The van der Waals surface area contributed by atoms with Crippen molar-refractivity contribution in [1.29, 1.82) is 0 Å². The summed E-state index contributed by atoms with van der Waals surface area (Å²) in [5.74, 6) is 1.67. The van der Waals surface area contributed by atoms with Crippen LogP contribution in [-0.4, -0.2) is 32.9 Å². The van der Waals surface area contributed by atoms with Gasteiger partial charge in [-0.25, -0.2) is 0 Å². The van der Waals surface area contributed by atoms with E-state index in [1.54, 1.807) is 11.3 Å². The molecule has 6 heteroatoms. The minimum absolute atomic E-state index is 0.344. The Morgan fingerprint density at radius 1 is 1.08 bits per heavy atom. The Bertz CT molecular complexity index is 962. The molecular formula is C19H19N5S. The van der Waals surface area contributed by atoms with E-state index in [1.807, 2.05) is 47.0 Å². The molecule has 0 aliphatic rings. The number of rotatable bonds is 5. The van der Waals surface area contributed by atoms with E-state index in [1.165, 1.54) is 5.56 Å². The summed E-state index contributed by atoms with van der Waals surface area (Å²) < 4.78 is 1.82. The Labute approximate surface area is 150 Å². The first-order chi connectivity index (χ1) is 12.2. The van der Waals surface area contributed by atoms with Gasteiger partial charge in [-0.15, -0.1) is 15.3 Å². The summed E-state index contributed by atoms with van der Waals surface area (Å²) in [6.45, 7) is 2.22. The molecule has 0 saturated carbocycles. The van der Waals surface area contributed by atoms with Crippen molar-refractivity contribution in [2.45, 2.75) is 19.4 Å². The SMILES string of the molecule is CC(Cc1ccsc1)N(C)c1ccc2nnc(-c3ccccc3)n2n1. The predicted octanol–water partition coefficient (Wildman–Crippen LogP) is 3.92. The van der Waals surface area contributed by atoms with Crippen molar-refractivity contribution in [3.63, 3.8) is 0 Å². The third kappa shape index (κ3) is 3.13. The van der Waals surface area contributed by atoms with Gasteiger partial charge in [0.15, 0.2) is 11.5 Å². The molecule has 25 heavy (non-hydrogen) atoms. The summed E-state index contributed by atoms with van der Waals surface area (Å²) in [5.41, 5.74) is 3.12. The first kappa shape index (κ1) is 15.8. The van der Waals surface area contributed by atoms with E-state index in [4.69, 9.17) is 5.10 Å². The number of aromatic nitrogens is 4. The lowest BCUT2D eigenvalue weighted by Gasteiger charge is -2.25. The maximum Gasteiger partial charge on any atom is 0.185 e. The summed E-state index contributed by atoms with van der Waals surface area (Å²) in [6.07, 6.45) is 0.993. The monoisotopic (exact) mass is 349 g/mol. The largest absolute Gasteiger partial charge is 0.355 e. The third-order valence-electron chi connectivity index (χ3n) is 4.41. The fourth-order valence-corrected chi connectivity index (χ4v) is 3.53. The van der Waals surface area contributed by atoms with Gasteiger partial charge < -0.3 is 4.90 Å². The third-order valence-corrected chi connectivity index (χ3v) is 5.15. The standard InChI is InChI=1S/C19H19N5S/c1-14(12-15-10-11-25-13-15)23(2)18-9-8-17-20-21-19(24(17)22-18)16-6-4-3-5-7-16/h3-11,13-14H,12H2,1-2H3. The van der Waals surface area contributed by atoms with E-state index in [9.17, 15) is 0 Å². The van der Waals surface area contributed by atoms with Crippen LogP contribution in [0.25, 0.3) is 17.0 Å². The molecule has 1 unspecified atom stereocenters. The molecule has 0 aliphatic heterocycles. The molecule has 126 valence electrons. The van der Waals surface area contributed by atoms with Crippen LogP contribution in [0.4, 0.5) is 5.82 Å². The van der Waals surface area contributed by atoms with Crippen LogP contribution in [0.2, 0.25) is 0 Å². The van der Waals surface area contributed by atoms with Gasteiger partial charge in [0.05, 0.1) is 0 Å². The molecule has 0 bridgehead atoms. The molecule has 4 rings (SSSR count). The van der Waals surface area contributed by atoms with Crippen molar-refractivity contribution in [2.75, 3.05) is 11.9 Å². The maximum atomic E-state index is 4.78. The maximum absolute atomic E-state index is 4.78. The van der Waals surface area contributed by atoms with Crippen LogP contribution in [0.3, 0.4) is 0 Å². The van der Waals surface area contributed by atoms with Crippen LogP contribution in [0.15, 0.2) is 59.3 Å². The van der Waals surface area contributed by atoms with Crippen LogP contribution in [0.5, 0.6) is 0 Å². The molecule has 0 aliphatic carbocycles. The second kappa shape index (κ2) is 6.64. The van der Waals surface area contributed by atoms with Crippen LogP contribution in [0.1, 0.15) is 12.5 Å². The number of likely N-dealkylation sites (N-methyl/N-ethyl adjacent to an activating group) is 1. The van der Waals surface area contributed by atoms with E-state index < -0.39 is 0 Å². The molecule has 1 atom stereocenters. The summed E-state index contributed by atoms with van der Waals surface area (Å²) in [7, 11) is 2.08. The Hall–Kier alpha value is -2.73. The molecule has 0 amide bonds. The summed E-state index contributed by atoms with van der Waals surface area (Å²) in [6, 6.07) is 16.5. The molecule has 4 aromatic rings. The van der Waals surface area contributed by atoms with Crippen LogP contribution in [-0.2, 0) is 6.42 Å². The van der Waals surface area contributed by atoms with Crippen LogP contribution < -0.4 is 4.90 Å². The van der Waals surface area contributed by atoms with Crippen molar-refractivity contribution in [3.05, 3.63) is 64.9 Å². The lowest BCUT2D eigenvalue weighted by Crippen LogP contribution is -2.31. The second-order valence-electron chi connectivity index (χ2n) is 6.15. The predicted molar refractivity (Wildman–Crippen MR) is 102 cm³/mol. The van der Waals surface area contributed by atoms with E-state index in [2.05, 4.69) is 45.9 Å². The van der Waals surface area contributed by atoms with E-state index in [-0.39, 0.29) is 0 Å². The highest BCUT2D eigenvalue weighted by Gasteiger charge is 2.15. The van der Waals surface area contributed by atoms with Crippen molar-refractivity contribution in [2.24, 2.45) is 0 Å². The first-order valence-electron chi connectivity index (χ1n) is 8.24. The first-order valence-corrected chi connectivity index (χ1v) is 9.18.